The van der Waals surface area contributed by atoms with Crippen LogP contribution < -0.4 is 5.32 Å². The van der Waals surface area contributed by atoms with Crippen LogP contribution in [-0.2, 0) is 21.4 Å². The molecule has 1 atom stereocenters. The quantitative estimate of drug-likeness (QED) is 0.791. The maximum absolute atomic E-state index is 12.8. The van der Waals surface area contributed by atoms with Crippen LogP contribution in [0, 0.1) is 5.92 Å². The van der Waals surface area contributed by atoms with Crippen molar-refractivity contribution in [2.45, 2.75) is 24.3 Å². The summed E-state index contributed by atoms with van der Waals surface area (Å²) in [5.74, 6) is -0.505. The highest BCUT2D eigenvalue weighted by atomic mass is 35.5. The van der Waals surface area contributed by atoms with Gasteiger partial charge in [-0.05, 0) is 54.8 Å². The monoisotopic (exact) mass is 426 g/mol. The maximum Gasteiger partial charge on any atom is 0.243 e. The largest absolute Gasteiger partial charge is 0.352 e. The SMILES string of the molecule is O=C(NCc1ccc(Cl)cc1)[C@H]1CCCN(S(=O)(=O)c2ccc(Cl)cc2)C1. The molecule has 144 valence electrons. The lowest BCUT2D eigenvalue weighted by atomic mass is 9.99. The Bertz CT molecular complexity index is 900. The second kappa shape index (κ2) is 8.61. The molecule has 0 unspecified atom stereocenters. The van der Waals surface area contributed by atoms with Crippen molar-refractivity contribution in [2.75, 3.05) is 13.1 Å². The number of carbonyl (C=O) groups is 1. The Hall–Kier alpha value is -1.60. The minimum Gasteiger partial charge on any atom is -0.352 e. The number of nitrogens with one attached hydrogen (secondary N) is 1. The van der Waals surface area contributed by atoms with Gasteiger partial charge >= 0.3 is 0 Å². The van der Waals surface area contributed by atoms with E-state index in [1.165, 1.54) is 16.4 Å². The number of nitrogens with zero attached hydrogens (tertiary/aromatic N) is 1. The molecule has 1 amide bonds. The zero-order valence-electron chi connectivity index (χ0n) is 14.6. The van der Waals surface area contributed by atoms with Gasteiger partial charge in [-0.15, -0.1) is 0 Å². The van der Waals surface area contributed by atoms with Gasteiger partial charge in [0, 0.05) is 29.7 Å². The van der Waals surface area contributed by atoms with Gasteiger partial charge in [0.1, 0.15) is 0 Å². The molecule has 0 saturated carbocycles. The van der Waals surface area contributed by atoms with Crippen LogP contribution in [-0.4, -0.2) is 31.7 Å². The molecule has 2 aromatic carbocycles. The summed E-state index contributed by atoms with van der Waals surface area (Å²) < 4.78 is 27.0. The minimum absolute atomic E-state index is 0.138. The molecule has 0 radical (unpaired) electrons. The predicted molar refractivity (Wildman–Crippen MR) is 106 cm³/mol. The van der Waals surface area contributed by atoms with Crippen molar-refractivity contribution in [3.05, 3.63) is 64.1 Å². The van der Waals surface area contributed by atoms with Gasteiger partial charge in [0.15, 0.2) is 0 Å². The Labute approximate surface area is 169 Å². The highest BCUT2D eigenvalue weighted by molar-refractivity contribution is 7.89. The molecule has 1 heterocycles. The first-order valence-corrected chi connectivity index (χ1v) is 10.8. The first kappa shape index (κ1) is 20.1. The molecule has 2 aromatic rings. The fourth-order valence-corrected chi connectivity index (χ4v) is 4.84. The third-order valence-corrected chi connectivity index (χ3v) is 6.97. The Kier molecular flexibility index (Phi) is 6.42. The van der Waals surface area contributed by atoms with Gasteiger partial charge < -0.3 is 5.32 Å². The average Bonchev–Trinajstić information content (AvgIpc) is 2.68. The average molecular weight is 427 g/mol. The molecular formula is C19H20Cl2N2O3S. The van der Waals surface area contributed by atoms with E-state index < -0.39 is 10.0 Å². The molecule has 1 fully saturated rings. The Morgan fingerprint density at radius 3 is 2.26 bits per heavy atom. The molecular weight excluding hydrogens is 407 g/mol. The molecule has 8 heteroatoms. The summed E-state index contributed by atoms with van der Waals surface area (Å²) in [7, 11) is -3.64. The van der Waals surface area contributed by atoms with Crippen molar-refractivity contribution < 1.29 is 13.2 Å². The van der Waals surface area contributed by atoms with E-state index in [0.717, 1.165) is 5.56 Å². The van der Waals surface area contributed by atoms with Crippen molar-refractivity contribution >= 4 is 39.1 Å². The van der Waals surface area contributed by atoms with Gasteiger partial charge in [-0.2, -0.15) is 4.31 Å². The number of hydrogen-bond acceptors (Lipinski definition) is 3. The molecule has 0 spiro atoms. The fourth-order valence-electron chi connectivity index (χ4n) is 3.07. The van der Waals surface area contributed by atoms with E-state index in [1.54, 1.807) is 24.3 Å². The van der Waals surface area contributed by atoms with Gasteiger partial charge in [-0.3, -0.25) is 4.79 Å². The van der Waals surface area contributed by atoms with Gasteiger partial charge in [-0.1, -0.05) is 35.3 Å². The van der Waals surface area contributed by atoms with Crippen LogP contribution in [0.4, 0.5) is 0 Å². The summed E-state index contributed by atoms with van der Waals surface area (Å²) >= 11 is 11.7. The van der Waals surface area contributed by atoms with Crippen molar-refractivity contribution in [1.29, 1.82) is 0 Å². The number of rotatable bonds is 5. The second-order valence-electron chi connectivity index (χ2n) is 6.50. The summed E-state index contributed by atoms with van der Waals surface area (Å²) in [5.41, 5.74) is 0.939. The first-order valence-electron chi connectivity index (χ1n) is 8.64. The summed E-state index contributed by atoms with van der Waals surface area (Å²) in [5, 5.41) is 4.00. The zero-order valence-corrected chi connectivity index (χ0v) is 16.9. The highest BCUT2D eigenvalue weighted by Crippen LogP contribution is 2.25. The second-order valence-corrected chi connectivity index (χ2v) is 9.31. The van der Waals surface area contributed by atoms with Crippen molar-refractivity contribution in [3.8, 4) is 0 Å². The number of halogens is 2. The van der Waals surface area contributed by atoms with Gasteiger partial charge in [0.25, 0.3) is 0 Å². The fraction of sp³-hybridized carbons (Fsp3) is 0.316. The van der Waals surface area contributed by atoms with Crippen LogP contribution in [0.1, 0.15) is 18.4 Å². The summed E-state index contributed by atoms with van der Waals surface area (Å²) in [6, 6.07) is 13.3. The lowest BCUT2D eigenvalue weighted by molar-refractivity contribution is -0.126. The standard InChI is InChI=1S/C19H20Cl2N2O3S/c20-16-5-3-14(4-6-16)12-22-19(24)15-2-1-11-23(13-15)27(25,26)18-9-7-17(21)8-10-18/h3-10,15H,1-2,11-13H2,(H,22,24)/t15-/m0/s1. The molecule has 0 aromatic heterocycles. The summed E-state index contributed by atoms with van der Waals surface area (Å²) in [6.45, 7) is 0.972. The third-order valence-electron chi connectivity index (χ3n) is 4.59. The molecule has 1 aliphatic rings. The molecule has 0 aliphatic carbocycles. The van der Waals surface area contributed by atoms with E-state index in [2.05, 4.69) is 5.32 Å². The smallest absolute Gasteiger partial charge is 0.243 e. The summed E-state index contributed by atoms with van der Waals surface area (Å²) in [6.07, 6.45) is 1.31. The Morgan fingerprint density at radius 1 is 1.04 bits per heavy atom. The molecule has 0 bridgehead atoms. The number of hydrogen-bond donors (Lipinski definition) is 1. The number of amides is 1. The number of piperidine rings is 1. The molecule has 3 rings (SSSR count). The predicted octanol–water partition coefficient (Wildman–Crippen LogP) is 3.71. The van der Waals surface area contributed by atoms with Gasteiger partial charge in [-0.25, -0.2) is 8.42 Å². The molecule has 1 aliphatic heterocycles. The van der Waals surface area contributed by atoms with E-state index in [1.807, 2.05) is 12.1 Å². The topological polar surface area (TPSA) is 66.5 Å². The lowest BCUT2D eigenvalue weighted by Gasteiger charge is -2.31. The van der Waals surface area contributed by atoms with Gasteiger partial charge in [0.05, 0.1) is 10.8 Å². The minimum atomic E-state index is -3.64. The zero-order chi connectivity index (χ0) is 19.4. The first-order chi connectivity index (χ1) is 12.9. The maximum atomic E-state index is 12.8. The van der Waals surface area contributed by atoms with Crippen molar-refractivity contribution in [2.24, 2.45) is 5.92 Å². The van der Waals surface area contributed by atoms with Crippen LogP contribution in [0.25, 0.3) is 0 Å². The summed E-state index contributed by atoms with van der Waals surface area (Å²) in [4.78, 5) is 12.7. The van der Waals surface area contributed by atoms with Crippen LogP contribution in [0.2, 0.25) is 10.0 Å². The van der Waals surface area contributed by atoms with Crippen LogP contribution in [0.3, 0.4) is 0 Å². The van der Waals surface area contributed by atoms with E-state index in [0.29, 0.717) is 36.0 Å². The van der Waals surface area contributed by atoms with E-state index in [4.69, 9.17) is 23.2 Å². The lowest BCUT2D eigenvalue weighted by Crippen LogP contribution is -2.45. The molecule has 1 N–H and O–H groups in total. The number of benzene rings is 2. The number of carbonyl (C=O) groups excluding carboxylic acids is 1. The highest BCUT2D eigenvalue weighted by Gasteiger charge is 2.33. The molecule has 27 heavy (non-hydrogen) atoms. The Morgan fingerprint density at radius 2 is 1.63 bits per heavy atom. The van der Waals surface area contributed by atoms with Crippen molar-refractivity contribution in [3.63, 3.8) is 0 Å². The number of sulfonamides is 1. The molecule has 1 saturated heterocycles. The van der Waals surface area contributed by atoms with Crippen LogP contribution >= 0.6 is 23.2 Å². The third kappa shape index (κ3) is 5.02. The molecule has 5 nitrogen and oxygen atoms in total. The normalized spacial score (nSPS) is 18.2. The van der Waals surface area contributed by atoms with Crippen LogP contribution in [0.5, 0.6) is 0 Å². The van der Waals surface area contributed by atoms with E-state index in [-0.39, 0.29) is 23.3 Å². The van der Waals surface area contributed by atoms with E-state index >= 15 is 0 Å². The van der Waals surface area contributed by atoms with Gasteiger partial charge in [0.2, 0.25) is 15.9 Å². The van der Waals surface area contributed by atoms with Crippen LogP contribution in [0.15, 0.2) is 53.4 Å². The Balaban J connectivity index is 1.63. The van der Waals surface area contributed by atoms with E-state index in [9.17, 15) is 13.2 Å². The van der Waals surface area contributed by atoms with Crippen molar-refractivity contribution in [1.82, 2.24) is 9.62 Å².